The molecule has 1 aromatic rings. The molecule has 1 aromatic carbocycles. The molecule has 0 spiro atoms. The maximum atomic E-state index is 12.0. The molecular weight excluding hydrogens is 250 g/mol. The van der Waals surface area contributed by atoms with Crippen molar-refractivity contribution >= 4 is 11.9 Å². The third kappa shape index (κ3) is 1.97. The number of ether oxygens (including phenoxy) is 2. The number of hydrogen-bond acceptors (Lipinski definition) is 5. The SMILES string of the molecule is COc1ccc(C2(CN)NC(=O)NC2=O)c(OC)c1. The Kier molecular flexibility index (Phi) is 3.30. The molecule has 1 atom stereocenters. The van der Waals surface area contributed by atoms with Crippen LogP contribution in [0.3, 0.4) is 0 Å². The number of carbonyl (C=O) groups is 2. The van der Waals surface area contributed by atoms with Crippen LogP contribution in [0.5, 0.6) is 11.5 Å². The summed E-state index contributed by atoms with van der Waals surface area (Å²) in [5, 5.41) is 4.73. The van der Waals surface area contributed by atoms with Gasteiger partial charge in [0.1, 0.15) is 11.5 Å². The van der Waals surface area contributed by atoms with Crippen molar-refractivity contribution in [2.45, 2.75) is 5.54 Å². The lowest BCUT2D eigenvalue weighted by molar-refractivity contribution is -0.124. The molecule has 1 aliphatic rings. The standard InChI is InChI=1S/C12H15N3O4/c1-18-7-3-4-8(9(5-7)19-2)12(6-13)10(16)14-11(17)15-12/h3-5H,6,13H2,1-2H3,(H2,14,15,16,17). The van der Waals surface area contributed by atoms with E-state index in [9.17, 15) is 9.59 Å². The highest BCUT2D eigenvalue weighted by Gasteiger charge is 2.48. The topological polar surface area (TPSA) is 103 Å². The minimum Gasteiger partial charge on any atom is -0.497 e. The van der Waals surface area contributed by atoms with E-state index in [0.717, 1.165) is 0 Å². The number of methoxy groups -OCH3 is 2. The average Bonchev–Trinajstić information content (AvgIpc) is 2.73. The van der Waals surface area contributed by atoms with Gasteiger partial charge in [0.2, 0.25) is 0 Å². The van der Waals surface area contributed by atoms with Crippen LogP contribution in [0.15, 0.2) is 18.2 Å². The molecule has 4 N–H and O–H groups in total. The van der Waals surface area contributed by atoms with Gasteiger partial charge in [0.05, 0.1) is 14.2 Å². The van der Waals surface area contributed by atoms with Gasteiger partial charge in [0.15, 0.2) is 5.54 Å². The van der Waals surface area contributed by atoms with E-state index in [4.69, 9.17) is 15.2 Å². The molecule has 0 bridgehead atoms. The zero-order chi connectivity index (χ0) is 14.0. The summed E-state index contributed by atoms with van der Waals surface area (Å²) in [6.45, 7) is -0.0761. The fourth-order valence-corrected chi connectivity index (χ4v) is 2.09. The summed E-state index contributed by atoms with van der Waals surface area (Å²) in [5.41, 5.74) is 4.86. The summed E-state index contributed by atoms with van der Waals surface area (Å²) < 4.78 is 10.3. The van der Waals surface area contributed by atoms with Crippen molar-refractivity contribution in [1.82, 2.24) is 10.6 Å². The van der Waals surface area contributed by atoms with Crippen LogP contribution in [0.1, 0.15) is 5.56 Å². The number of nitrogens with two attached hydrogens (primary N) is 1. The van der Waals surface area contributed by atoms with Crippen molar-refractivity contribution in [1.29, 1.82) is 0 Å². The van der Waals surface area contributed by atoms with Gasteiger partial charge in [-0.05, 0) is 12.1 Å². The van der Waals surface area contributed by atoms with Crippen molar-refractivity contribution in [2.24, 2.45) is 5.73 Å². The Labute approximate surface area is 110 Å². The van der Waals surface area contributed by atoms with Gasteiger partial charge in [-0.25, -0.2) is 4.79 Å². The smallest absolute Gasteiger partial charge is 0.322 e. The molecule has 3 amide bonds. The van der Waals surface area contributed by atoms with E-state index in [0.29, 0.717) is 17.1 Å². The Morgan fingerprint density at radius 3 is 2.47 bits per heavy atom. The zero-order valence-corrected chi connectivity index (χ0v) is 10.6. The highest BCUT2D eigenvalue weighted by atomic mass is 16.5. The predicted octanol–water partition coefficient (Wildman–Crippen LogP) is -0.303. The number of imide groups is 1. The van der Waals surface area contributed by atoms with Crippen LogP contribution in [0.25, 0.3) is 0 Å². The molecule has 1 unspecified atom stereocenters. The van der Waals surface area contributed by atoms with Gasteiger partial charge in [-0.3, -0.25) is 10.1 Å². The van der Waals surface area contributed by atoms with Crippen LogP contribution in [0, 0.1) is 0 Å². The number of urea groups is 1. The second-order valence-electron chi connectivity index (χ2n) is 4.08. The third-order valence-electron chi connectivity index (χ3n) is 3.12. The summed E-state index contributed by atoms with van der Waals surface area (Å²) in [6, 6.07) is 4.38. The summed E-state index contributed by atoms with van der Waals surface area (Å²) in [7, 11) is 2.99. The average molecular weight is 265 g/mol. The molecule has 7 nitrogen and oxygen atoms in total. The van der Waals surface area contributed by atoms with Crippen molar-refractivity contribution in [3.05, 3.63) is 23.8 Å². The van der Waals surface area contributed by atoms with Crippen LogP contribution >= 0.6 is 0 Å². The number of hydrogen-bond donors (Lipinski definition) is 3. The van der Waals surface area contributed by atoms with Crippen molar-refractivity contribution in [3.8, 4) is 11.5 Å². The van der Waals surface area contributed by atoms with E-state index in [1.54, 1.807) is 18.2 Å². The Morgan fingerprint density at radius 2 is 2.00 bits per heavy atom. The number of amides is 3. The lowest BCUT2D eigenvalue weighted by Crippen LogP contribution is -2.50. The summed E-state index contributed by atoms with van der Waals surface area (Å²) in [4.78, 5) is 23.4. The van der Waals surface area contributed by atoms with Crippen LogP contribution in [-0.4, -0.2) is 32.7 Å². The zero-order valence-electron chi connectivity index (χ0n) is 10.6. The molecule has 0 radical (unpaired) electrons. The molecule has 1 fully saturated rings. The van der Waals surface area contributed by atoms with Gasteiger partial charge in [-0.15, -0.1) is 0 Å². The first-order valence-corrected chi connectivity index (χ1v) is 5.63. The Balaban J connectivity index is 2.55. The minimum absolute atomic E-state index is 0.0761. The largest absolute Gasteiger partial charge is 0.497 e. The van der Waals surface area contributed by atoms with Crippen LogP contribution < -0.4 is 25.8 Å². The summed E-state index contributed by atoms with van der Waals surface area (Å²) >= 11 is 0. The first-order chi connectivity index (χ1) is 9.07. The Morgan fingerprint density at radius 1 is 1.26 bits per heavy atom. The lowest BCUT2D eigenvalue weighted by Gasteiger charge is -2.26. The summed E-state index contributed by atoms with van der Waals surface area (Å²) in [5.74, 6) is 0.503. The maximum Gasteiger partial charge on any atom is 0.322 e. The maximum absolute atomic E-state index is 12.0. The molecule has 0 saturated carbocycles. The normalized spacial score (nSPS) is 21.8. The predicted molar refractivity (Wildman–Crippen MR) is 67.0 cm³/mol. The first-order valence-electron chi connectivity index (χ1n) is 5.63. The van der Waals surface area contributed by atoms with E-state index in [1.807, 2.05) is 0 Å². The second-order valence-corrected chi connectivity index (χ2v) is 4.08. The van der Waals surface area contributed by atoms with Crippen molar-refractivity contribution in [3.63, 3.8) is 0 Å². The third-order valence-corrected chi connectivity index (χ3v) is 3.12. The van der Waals surface area contributed by atoms with Gasteiger partial charge >= 0.3 is 6.03 Å². The molecule has 102 valence electrons. The van der Waals surface area contributed by atoms with E-state index in [2.05, 4.69) is 10.6 Å². The summed E-state index contributed by atoms with van der Waals surface area (Å²) in [6.07, 6.45) is 0. The molecule has 2 rings (SSSR count). The monoisotopic (exact) mass is 265 g/mol. The van der Waals surface area contributed by atoms with Gasteiger partial charge in [-0.1, -0.05) is 0 Å². The van der Waals surface area contributed by atoms with Crippen molar-refractivity contribution in [2.75, 3.05) is 20.8 Å². The molecule has 1 heterocycles. The number of nitrogens with one attached hydrogen (secondary N) is 2. The molecular formula is C12H15N3O4. The van der Waals surface area contributed by atoms with Crippen LogP contribution in [-0.2, 0) is 10.3 Å². The molecule has 7 heteroatoms. The van der Waals surface area contributed by atoms with Crippen LogP contribution in [0.4, 0.5) is 4.79 Å². The van der Waals surface area contributed by atoms with Crippen molar-refractivity contribution < 1.29 is 19.1 Å². The van der Waals surface area contributed by atoms with E-state index in [1.165, 1.54) is 14.2 Å². The number of carbonyl (C=O) groups excluding carboxylic acids is 2. The minimum atomic E-state index is -1.31. The van der Waals surface area contributed by atoms with E-state index >= 15 is 0 Å². The number of rotatable bonds is 4. The fourth-order valence-electron chi connectivity index (χ4n) is 2.09. The van der Waals surface area contributed by atoms with Gasteiger partial charge in [-0.2, -0.15) is 0 Å². The molecule has 1 aliphatic heterocycles. The van der Waals surface area contributed by atoms with Gasteiger partial charge < -0.3 is 20.5 Å². The molecule has 0 aromatic heterocycles. The highest BCUT2D eigenvalue weighted by Crippen LogP contribution is 2.34. The van der Waals surface area contributed by atoms with Gasteiger partial charge in [0, 0.05) is 18.2 Å². The fraction of sp³-hybridized carbons (Fsp3) is 0.333. The highest BCUT2D eigenvalue weighted by molar-refractivity contribution is 6.08. The lowest BCUT2D eigenvalue weighted by atomic mass is 9.89. The molecule has 1 saturated heterocycles. The van der Waals surface area contributed by atoms with Crippen LogP contribution in [0.2, 0.25) is 0 Å². The number of benzene rings is 1. The Bertz CT molecular complexity index is 532. The van der Waals surface area contributed by atoms with E-state index in [-0.39, 0.29) is 6.54 Å². The molecule has 0 aliphatic carbocycles. The second kappa shape index (κ2) is 4.77. The first kappa shape index (κ1) is 13.2. The quantitative estimate of drug-likeness (QED) is 0.648. The Hall–Kier alpha value is -2.28. The molecule has 19 heavy (non-hydrogen) atoms. The van der Waals surface area contributed by atoms with E-state index < -0.39 is 17.5 Å². The van der Waals surface area contributed by atoms with Gasteiger partial charge in [0.25, 0.3) is 5.91 Å².